The van der Waals surface area contributed by atoms with Gasteiger partial charge in [0.25, 0.3) is 0 Å². The van der Waals surface area contributed by atoms with E-state index in [1.165, 1.54) is 0 Å². The van der Waals surface area contributed by atoms with Crippen LogP contribution in [0, 0.1) is 11.3 Å². The highest BCUT2D eigenvalue weighted by atomic mass is 16.1. The molecular formula is C6H8N2O. The second kappa shape index (κ2) is 3.67. The molecule has 0 aliphatic carbocycles. The zero-order chi connectivity index (χ0) is 7.28. The maximum Gasteiger partial charge on any atom is 0.244 e. The number of amides is 1. The van der Waals surface area contributed by atoms with Crippen molar-refractivity contribution in [3.8, 4) is 6.07 Å². The zero-order valence-electron chi connectivity index (χ0n) is 5.05. The molecule has 0 aliphatic heterocycles. The van der Waals surface area contributed by atoms with Crippen LogP contribution in [-0.4, -0.2) is 5.91 Å². The second-order valence-electron chi connectivity index (χ2n) is 1.63. The first-order valence-corrected chi connectivity index (χ1v) is 2.53. The Morgan fingerprint density at radius 1 is 1.78 bits per heavy atom. The third-order valence-corrected chi connectivity index (χ3v) is 0.887. The normalized spacial score (nSPS) is 7.89. The van der Waals surface area contributed by atoms with Crippen LogP contribution in [0.3, 0.4) is 0 Å². The molecule has 0 aromatic rings. The maximum absolute atomic E-state index is 10.2. The predicted molar refractivity (Wildman–Crippen MR) is 33.2 cm³/mol. The van der Waals surface area contributed by atoms with Crippen LogP contribution in [0.5, 0.6) is 0 Å². The lowest BCUT2D eigenvalue weighted by Crippen LogP contribution is -2.12. The Hall–Kier alpha value is -1.30. The highest BCUT2D eigenvalue weighted by Crippen LogP contribution is 1.98. The Kier molecular flexibility index (Phi) is 3.14. The number of nitrogens with two attached hydrogens (primary N) is 1. The SMILES string of the molecule is C=C(CCC#N)C(N)=O. The van der Waals surface area contributed by atoms with E-state index in [0.717, 1.165) is 0 Å². The molecule has 0 fully saturated rings. The number of hydrogen-bond acceptors (Lipinski definition) is 2. The molecular weight excluding hydrogens is 116 g/mol. The molecule has 0 saturated heterocycles. The molecule has 0 heterocycles. The molecule has 0 radical (unpaired) electrons. The summed E-state index contributed by atoms with van der Waals surface area (Å²) in [5, 5.41) is 8.05. The second-order valence-corrected chi connectivity index (χ2v) is 1.63. The summed E-state index contributed by atoms with van der Waals surface area (Å²) in [6.45, 7) is 3.37. The quantitative estimate of drug-likeness (QED) is 0.551. The molecule has 0 saturated carbocycles. The van der Waals surface area contributed by atoms with Crippen LogP contribution in [0.2, 0.25) is 0 Å². The standard InChI is InChI=1S/C6H8N2O/c1-5(6(8)9)3-2-4-7/h1-3H2,(H2,8,9). The lowest BCUT2D eigenvalue weighted by atomic mass is 10.2. The fourth-order valence-electron chi connectivity index (χ4n) is 0.330. The van der Waals surface area contributed by atoms with Gasteiger partial charge in [0.1, 0.15) is 0 Å². The van der Waals surface area contributed by atoms with E-state index in [1.807, 2.05) is 6.07 Å². The number of hydrogen-bond donors (Lipinski definition) is 1. The fraction of sp³-hybridized carbons (Fsp3) is 0.333. The Labute approximate surface area is 53.8 Å². The van der Waals surface area contributed by atoms with Crippen molar-refractivity contribution >= 4 is 5.91 Å². The van der Waals surface area contributed by atoms with Gasteiger partial charge in [-0.3, -0.25) is 4.79 Å². The van der Waals surface area contributed by atoms with Gasteiger partial charge >= 0.3 is 0 Å². The van der Waals surface area contributed by atoms with Crippen LogP contribution in [0.4, 0.5) is 0 Å². The number of primary amides is 1. The summed E-state index contributed by atoms with van der Waals surface area (Å²) in [6, 6.07) is 1.88. The summed E-state index contributed by atoms with van der Waals surface area (Å²) < 4.78 is 0. The van der Waals surface area contributed by atoms with Crippen molar-refractivity contribution < 1.29 is 4.79 Å². The lowest BCUT2D eigenvalue weighted by molar-refractivity contribution is -0.114. The van der Waals surface area contributed by atoms with Gasteiger partial charge in [-0.25, -0.2) is 0 Å². The minimum absolute atomic E-state index is 0.307. The van der Waals surface area contributed by atoms with Crippen LogP contribution in [0.15, 0.2) is 12.2 Å². The molecule has 0 spiro atoms. The number of rotatable bonds is 3. The number of carbonyl (C=O) groups is 1. The van der Waals surface area contributed by atoms with Gasteiger partial charge in [-0.15, -0.1) is 0 Å². The van der Waals surface area contributed by atoms with E-state index in [0.29, 0.717) is 18.4 Å². The fourth-order valence-corrected chi connectivity index (χ4v) is 0.330. The Bertz CT molecular complexity index is 166. The number of nitriles is 1. The predicted octanol–water partition coefficient (Wildman–Crippen LogP) is 0.332. The lowest BCUT2D eigenvalue weighted by Gasteiger charge is -1.92. The molecule has 9 heavy (non-hydrogen) atoms. The average Bonchev–Trinajstić information content (AvgIpc) is 1.82. The Morgan fingerprint density at radius 3 is 2.67 bits per heavy atom. The van der Waals surface area contributed by atoms with Crippen molar-refractivity contribution in [3.63, 3.8) is 0 Å². The largest absolute Gasteiger partial charge is 0.366 e. The van der Waals surface area contributed by atoms with Crippen LogP contribution in [0.1, 0.15) is 12.8 Å². The van der Waals surface area contributed by atoms with E-state index in [9.17, 15) is 4.79 Å². The first kappa shape index (κ1) is 7.70. The highest BCUT2D eigenvalue weighted by Gasteiger charge is 1.98. The molecule has 0 atom stereocenters. The van der Waals surface area contributed by atoms with Gasteiger partial charge in [0.05, 0.1) is 6.07 Å². The molecule has 0 rings (SSSR count). The molecule has 0 unspecified atom stereocenters. The maximum atomic E-state index is 10.2. The first-order chi connectivity index (χ1) is 4.18. The highest BCUT2D eigenvalue weighted by molar-refractivity contribution is 5.91. The van der Waals surface area contributed by atoms with Gasteiger partial charge in [0.2, 0.25) is 5.91 Å². The van der Waals surface area contributed by atoms with Crippen molar-refractivity contribution in [2.24, 2.45) is 5.73 Å². The van der Waals surface area contributed by atoms with E-state index in [2.05, 4.69) is 6.58 Å². The van der Waals surface area contributed by atoms with Gasteiger partial charge in [0.15, 0.2) is 0 Å². The minimum atomic E-state index is -0.523. The zero-order valence-corrected chi connectivity index (χ0v) is 5.05. The molecule has 0 bridgehead atoms. The van der Waals surface area contributed by atoms with Gasteiger partial charge in [0, 0.05) is 12.0 Å². The Balaban J connectivity index is 3.55. The van der Waals surface area contributed by atoms with Crippen molar-refractivity contribution in [3.05, 3.63) is 12.2 Å². The van der Waals surface area contributed by atoms with Crippen molar-refractivity contribution in [2.75, 3.05) is 0 Å². The van der Waals surface area contributed by atoms with Crippen LogP contribution < -0.4 is 5.73 Å². The van der Waals surface area contributed by atoms with Gasteiger partial charge in [-0.2, -0.15) is 5.26 Å². The molecule has 0 aliphatic rings. The topological polar surface area (TPSA) is 66.9 Å². The van der Waals surface area contributed by atoms with Crippen LogP contribution >= 0.6 is 0 Å². The summed E-state index contributed by atoms with van der Waals surface area (Å²) in [5.74, 6) is -0.523. The van der Waals surface area contributed by atoms with Crippen molar-refractivity contribution in [1.29, 1.82) is 5.26 Å². The third kappa shape index (κ3) is 3.30. The van der Waals surface area contributed by atoms with Gasteiger partial charge < -0.3 is 5.73 Å². The summed E-state index contributed by atoms with van der Waals surface area (Å²) in [4.78, 5) is 10.2. The molecule has 0 aromatic heterocycles. The van der Waals surface area contributed by atoms with E-state index in [1.54, 1.807) is 0 Å². The number of carbonyl (C=O) groups excluding carboxylic acids is 1. The third-order valence-electron chi connectivity index (χ3n) is 0.887. The summed E-state index contributed by atoms with van der Waals surface area (Å²) in [7, 11) is 0. The summed E-state index contributed by atoms with van der Waals surface area (Å²) in [5.41, 5.74) is 5.15. The molecule has 1 amide bonds. The molecule has 48 valence electrons. The van der Waals surface area contributed by atoms with Crippen molar-refractivity contribution in [2.45, 2.75) is 12.8 Å². The van der Waals surface area contributed by atoms with E-state index < -0.39 is 5.91 Å². The van der Waals surface area contributed by atoms with Crippen LogP contribution in [-0.2, 0) is 4.79 Å². The smallest absolute Gasteiger partial charge is 0.244 e. The monoisotopic (exact) mass is 124 g/mol. The average molecular weight is 124 g/mol. The molecule has 3 nitrogen and oxygen atoms in total. The molecule has 2 N–H and O–H groups in total. The van der Waals surface area contributed by atoms with E-state index in [-0.39, 0.29) is 0 Å². The van der Waals surface area contributed by atoms with Gasteiger partial charge in [-0.05, 0) is 6.42 Å². The number of nitrogens with zero attached hydrogens (tertiary/aromatic N) is 1. The molecule has 0 aromatic carbocycles. The first-order valence-electron chi connectivity index (χ1n) is 2.53. The summed E-state index contributed by atoms with van der Waals surface area (Å²) >= 11 is 0. The van der Waals surface area contributed by atoms with Gasteiger partial charge in [-0.1, -0.05) is 6.58 Å². The molecule has 3 heteroatoms. The summed E-state index contributed by atoms with van der Waals surface area (Å²) in [6.07, 6.45) is 0.688. The van der Waals surface area contributed by atoms with Crippen LogP contribution in [0.25, 0.3) is 0 Å². The minimum Gasteiger partial charge on any atom is -0.366 e. The Morgan fingerprint density at radius 2 is 2.33 bits per heavy atom. The van der Waals surface area contributed by atoms with E-state index in [4.69, 9.17) is 11.0 Å². The van der Waals surface area contributed by atoms with E-state index >= 15 is 0 Å². The van der Waals surface area contributed by atoms with Crippen molar-refractivity contribution in [1.82, 2.24) is 0 Å².